The Morgan fingerprint density at radius 2 is 0.988 bits per heavy atom. The molecule has 0 aromatic heterocycles. The van der Waals surface area contributed by atoms with Crippen molar-refractivity contribution in [2.75, 3.05) is 6.61 Å². The van der Waals surface area contributed by atoms with E-state index in [9.17, 15) is 19.2 Å². The van der Waals surface area contributed by atoms with Gasteiger partial charge in [-0.25, -0.2) is 10.9 Å². The van der Waals surface area contributed by atoms with Gasteiger partial charge in [-0.15, -0.1) is 11.6 Å². The van der Waals surface area contributed by atoms with E-state index in [1.165, 1.54) is 141 Å². The lowest BCUT2D eigenvalue weighted by molar-refractivity contribution is -0.142. The monoisotopic (exact) mass is 1140 g/mol. The van der Waals surface area contributed by atoms with Gasteiger partial charge in [-0.2, -0.15) is 5.48 Å². The second-order valence-electron chi connectivity index (χ2n) is 30.4. The van der Waals surface area contributed by atoms with Gasteiger partial charge in [0, 0.05) is 60.0 Å². The molecule has 0 spiro atoms. The van der Waals surface area contributed by atoms with Gasteiger partial charge in [0.2, 0.25) is 5.91 Å². The van der Waals surface area contributed by atoms with Gasteiger partial charge in [-0.05, 0) is 220 Å². The molecule has 16 atom stereocenters. The summed E-state index contributed by atoms with van der Waals surface area (Å²) in [6, 6.07) is 2.53. The molecular weight excluding hydrogens is 1030 g/mol. The molecule has 12 fully saturated rings. The summed E-state index contributed by atoms with van der Waals surface area (Å²) in [6.07, 6.45) is 46.7. The molecule has 12 nitrogen and oxygen atoms in total. The van der Waals surface area contributed by atoms with Crippen LogP contribution in [0, 0.1) is 76.9 Å². The molecule has 12 saturated carbocycles. The number of fused-ring (bicyclic) bond motifs is 5. The molecule has 0 radical (unpaired) electrons. The highest BCUT2D eigenvalue weighted by Gasteiger charge is 2.55. The number of nitrogens with zero attached hydrogens (tertiary/aromatic N) is 1. The number of hydrogen-bond donors (Lipinski definition) is 6. The van der Waals surface area contributed by atoms with E-state index in [2.05, 4.69) is 44.3 Å². The zero-order chi connectivity index (χ0) is 55.4. The number of alkyl halides is 1. The van der Waals surface area contributed by atoms with Crippen LogP contribution in [-0.4, -0.2) is 94.5 Å². The van der Waals surface area contributed by atoms with Crippen LogP contribution in [0.1, 0.15) is 257 Å². The fourth-order valence-corrected chi connectivity index (χ4v) is 21.2. The largest absolute Gasteiger partial charge is 0.353 e. The van der Waals surface area contributed by atoms with Gasteiger partial charge >= 0.3 is 0 Å². The van der Waals surface area contributed by atoms with Gasteiger partial charge in [0.05, 0.1) is 30.0 Å². The quantitative estimate of drug-likeness (QED) is 0.0442. The Labute approximate surface area is 494 Å². The SMILES string of the molecule is CC1CCC(N(C2CCCCC2)C2CCC(CCC3CCC(NC(=O)C4CC5CCCCC5C(NNC5CCC6C(C5)C(=O)C5CC(NNC7C(=O)C(CONC8CCCCC8Cl)CC8CCCCC87)CCC56)C4=O)CC3)CC2)CC1. The number of hydrazine groups is 2. The molecule has 12 rings (SSSR count). The number of carbonyl (C=O) groups is 4. The third kappa shape index (κ3) is 14.1. The molecule has 13 heteroatoms. The van der Waals surface area contributed by atoms with E-state index in [-0.39, 0.29) is 82.8 Å². The first-order valence-electron chi connectivity index (χ1n) is 35.3. The van der Waals surface area contributed by atoms with E-state index in [1.54, 1.807) is 0 Å². The number of hydroxylamine groups is 1. The van der Waals surface area contributed by atoms with Crippen LogP contribution < -0.4 is 32.5 Å². The first-order valence-corrected chi connectivity index (χ1v) is 35.8. The summed E-state index contributed by atoms with van der Waals surface area (Å²) in [4.78, 5) is 66.7. The molecule has 6 N–H and O–H groups in total. The number of ketones is 3. The predicted octanol–water partition coefficient (Wildman–Crippen LogP) is 12.2. The Morgan fingerprint density at radius 3 is 1.60 bits per heavy atom. The van der Waals surface area contributed by atoms with E-state index < -0.39 is 5.92 Å². The minimum Gasteiger partial charge on any atom is -0.353 e. The molecule has 456 valence electrons. The zero-order valence-corrected chi connectivity index (χ0v) is 51.2. The summed E-state index contributed by atoms with van der Waals surface area (Å²) in [7, 11) is 0. The van der Waals surface area contributed by atoms with Gasteiger partial charge in [-0.1, -0.05) is 90.4 Å². The van der Waals surface area contributed by atoms with Crippen molar-refractivity contribution >= 4 is 34.9 Å². The van der Waals surface area contributed by atoms with E-state index in [0.29, 0.717) is 48.4 Å². The number of halogens is 1. The molecule has 0 aliphatic heterocycles. The minimum atomic E-state index is -0.581. The number of hydrogen-bond acceptors (Lipinski definition) is 11. The lowest BCUT2D eigenvalue weighted by Gasteiger charge is -2.49. The molecule has 12 aliphatic rings. The summed E-state index contributed by atoms with van der Waals surface area (Å²) in [5, 5.41) is 3.55. The average Bonchev–Trinajstić information content (AvgIpc) is 3.79. The molecule has 81 heavy (non-hydrogen) atoms. The maximum Gasteiger partial charge on any atom is 0.230 e. The summed E-state index contributed by atoms with van der Waals surface area (Å²) in [5.74, 6) is 5.13. The molecule has 0 aromatic carbocycles. The van der Waals surface area contributed by atoms with E-state index >= 15 is 0 Å². The minimum absolute atomic E-state index is 0.0191. The zero-order valence-electron chi connectivity index (χ0n) is 50.4. The van der Waals surface area contributed by atoms with E-state index in [1.807, 2.05) is 0 Å². The number of carbonyl (C=O) groups excluding carboxylic acids is 4. The van der Waals surface area contributed by atoms with Crippen LogP contribution in [0.3, 0.4) is 0 Å². The van der Waals surface area contributed by atoms with Crippen molar-refractivity contribution < 1.29 is 24.0 Å². The van der Waals surface area contributed by atoms with Gasteiger partial charge in [0.15, 0.2) is 11.6 Å². The number of nitrogens with one attached hydrogen (secondary N) is 6. The van der Waals surface area contributed by atoms with Crippen LogP contribution in [0.5, 0.6) is 0 Å². The molecule has 0 bridgehead atoms. The van der Waals surface area contributed by atoms with E-state index in [4.69, 9.17) is 16.4 Å². The molecule has 1 amide bonds. The Bertz CT molecular complexity index is 2070. The van der Waals surface area contributed by atoms with Crippen molar-refractivity contribution in [3.05, 3.63) is 0 Å². The van der Waals surface area contributed by atoms with Crippen molar-refractivity contribution in [3.8, 4) is 0 Å². The highest BCUT2D eigenvalue weighted by molar-refractivity contribution is 6.21. The van der Waals surface area contributed by atoms with Crippen molar-refractivity contribution in [1.29, 1.82) is 0 Å². The smallest absolute Gasteiger partial charge is 0.230 e. The Hall–Kier alpha value is -1.51. The Morgan fingerprint density at radius 1 is 0.481 bits per heavy atom. The molecule has 12 aliphatic carbocycles. The van der Waals surface area contributed by atoms with Crippen LogP contribution in [-0.2, 0) is 24.0 Å². The average molecular weight is 1140 g/mol. The van der Waals surface area contributed by atoms with Crippen LogP contribution in [0.25, 0.3) is 0 Å². The van der Waals surface area contributed by atoms with Gasteiger partial charge in [-0.3, -0.25) is 34.9 Å². The number of Topliss-reactive ketones (excluding diaryl/α,β-unsaturated/α-hetero) is 3. The summed E-state index contributed by atoms with van der Waals surface area (Å²) >= 11 is 6.61. The molecular formula is C68H112ClN7O5. The molecule has 0 heterocycles. The van der Waals surface area contributed by atoms with Crippen molar-refractivity contribution in [3.63, 3.8) is 0 Å². The lowest BCUT2D eigenvalue weighted by Crippen LogP contribution is -2.61. The summed E-state index contributed by atoms with van der Waals surface area (Å²) in [5.41, 5.74) is 17.9. The third-order valence-corrected chi connectivity index (χ3v) is 26.1. The highest BCUT2D eigenvalue weighted by Crippen LogP contribution is 2.53. The van der Waals surface area contributed by atoms with Crippen molar-refractivity contribution in [2.24, 2.45) is 76.9 Å². The predicted molar refractivity (Wildman–Crippen MR) is 321 cm³/mol. The standard InChI is InChI=1S/C68H112ClN7O5/c1-42-19-31-52(32-20-42)76(51-13-3-2-4-14-51)53-33-25-44(26-34-53)22-21-43-23-27-48(28-24-43)70-68(80)60-38-46-12-6-8-16-55(46)64(67(60)79)74-72-50-30-36-57-56-35-29-49(39-58(56)66(78)59(57)40-50)71-73-63-54-15-7-5-11-45(54)37-47(65(63)77)41-81-75-62-18-10-9-17-61(62)69/h42-64,71-75H,2-41H2,1H3,(H,70,80). The topological polar surface area (TPSA) is 153 Å². The third-order valence-electron chi connectivity index (χ3n) is 25.6. The second-order valence-corrected chi connectivity index (χ2v) is 31.0. The molecule has 0 aromatic rings. The first kappa shape index (κ1) is 59.8. The number of rotatable bonds is 18. The fraction of sp³-hybridized carbons (Fsp3) is 0.941. The Balaban J connectivity index is 0.578. The number of amides is 1. The Kier molecular flexibility index (Phi) is 20.8. The molecule has 16 unspecified atom stereocenters. The fourth-order valence-electron chi connectivity index (χ4n) is 20.9. The van der Waals surface area contributed by atoms with Crippen LogP contribution in [0.2, 0.25) is 0 Å². The maximum atomic E-state index is 14.6. The maximum absolute atomic E-state index is 14.6. The van der Waals surface area contributed by atoms with Crippen LogP contribution in [0.15, 0.2) is 0 Å². The van der Waals surface area contributed by atoms with Crippen molar-refractivity contribution in [1.82, 2.24) is 37.4 Å². The summed E-state index contributed by atoms with van der Waals surface area (Å²) < 4.78 is 0. The van der Waals surface area contributed by atoms with Gasteiger partial charge in [0.25, 0.3) is 0 Å². The van der Waals surface area contributed by atoms with Gasteiger partial charge < -0.3 is 10.2 Å². The van der Waals surface area contributed by atoms with E-state index in [0.717, 1.165) is 139 Å². The van der Waals surface area contributed by atoms with Crippen LogP contribution >= 0.6 is 11.6 Å². The lowest BCUT2D eigenvalue weighted by atomic mass is 9.64. The van der Waals surface area contributed by atoms with Crippen LogP contribution in [0.4, 0.5) is 0 Å². The van der Waals surface area contributed by atoms with Gasteiger partial charge in [0.1, 0.15) is 5.78 Å². The summed E-state index contributed by atoms with van der Waals surface area (Å²) in [6.45, 7) is 2.87. The molecule has 0 saturated heterocycles. The second kappa shape index (κ2) is 28.1. The first-order chi connectivity index (χ1) is 39.6. The normalized spacial score (nSPS) is 44.5. The highest BCUT2D eigenvalue weighted by atomic mass is 35.5. The van der Waals surface area contributed by atoms with Crippen molar-refractivity contribution in [2.45, 2.75) is 317 Å².